The van der Waals surface area contributed by atoms with E-state index in [1.54, 1.807) is 13.8 Å². The third-order valence-corrected chi connectivity index (χ3v) is 7.90. The third kappa shape index (κ3) is 13.5. The van der Waals surface area contributed by atoms with Crippen LogP contribution in [-0.2, 0) is 56.6 Å². The molecule has 230 valence electrons. The van der Waals surface area contributed by atoms with Crippen molar-refractivity contribution in [3.8, 4) is 0 Å². The number of thioether (sulfide) groups is 1. The minimum Gasteiger partial charge on any atom is -0.468 e. The van der Waals surface area contributed by atoms with Gasteiger partial charge in [-0.05, 0) is 13.0 Å². The lowest BCUT2D eigenvalue weighted by atomic mass is 9.87. The first-order valence-electron chi connectivity index (χ1n) is 12.4. The fourth-order valence-electron chi connectivity index (χ4n) is 3.17. The van der Waals surface area contributed by atoms with Gasteiger partial charge in [-0.1, -0.05) is 25.6 Å². The summed E-state index contributed by atoms with van der Waals surface area (Å²) in [5.41, 5.74) is -0.866. The van der Waals surface area contributed by atoms with Gasteiger partial charge in [-0.3, -0.25) is 37.8 Å². The molecule has 3 N–H and O–H groups in total. The van der Waals surface area contributed by atoms with Crippen LogP contribution in [0.5, 0.6) is 0 Å². The van der Waals surface area contributed by atoms with Gasteiger partial charge in [0.05, 0.1) is 33.7 Å². The van der Waals surface area contributed by atoms with Gasteiger partial charge in [-0.2, -0.15) is 0 Å². The SMILES string of the molecule is COC(=O)/C=C/C(=O)CC(=O)CC(=O)SCCNC(=O)CCNC(=O)[C@@H]1OP(=O)(N[C@@H](C)C(=O)OC)OCC1(C)C. The molecule has 0 aromatic carbocycles. The molecule has 0 bridgehead atoms. The molecule has 1 unspecified atom stereocenters. The van der Waals surface area contributed by atoms with Crippen molar-refractivity contribution in [3.63, 3.8) is 0 Å². The lowest BCUT2D eigenvalue weighted by Gasteiger charge is -2.40. The monoisotopic (exact) mass is 621 g/mol. The molecule has 0 radical (unpaired) electrons. The van der Waals surface area contributed by atoms with Crippen molar-refractivity contribution in [1.82, 2.24) is 15.7 Å². The van der Waals surface area contributed by atoms with Crippen LogP contribution in [0.4, 0.5) is 0 Å². The molecule has 17 heteroatoms. The van der Waals surface area contributed by atoms with Crippen molar-refractivity contribution in [3.05, 3.63) is 12.2 Å². The molecule has 1 saturated heterocycles. The Kier molecular flexibility index (Phi) is 15.1. The van der Waals surface area contributed by atoms with E-state index in [-0.39, 0.29) is 31.9 Å². The van der Waals surface area contributed by atoms with Crippen LogP contribution in [0, 0.1) is 5.41 Å². The smallest absolute Gasteiger partial charge is 0.407 e. The van der Waals surface area contributed by atoms with Crippen molar-refractivity contribution in [2.24, 2.45) is 5.41 Å². The van der Waals surface area contributed by atoms with Gasteiger partial charge in [0.1, 0.15) is 11.8 Å². The quantitative estimate of drug-likeness (QED) is 0.0692. The summed E-state index contributed by atoms with van der Waals surface area (Å²) in [6.07, 6.45) is -0.516. The van der Waals surface area contributed by atoms with Crippen molar-refractivity contribution in [2.45, 2.75) is 52.2 Å². The van der Waals surface area contributed by atoms with Crippen LogP contribution in [0.2, 0.25) is 0 Å². The Hall–Kier alpha value is -2.91. The first kappa shape index (κ1) is 36.1. The second kappa shape index (κ2) is 17.1. The maximum atomic E-state index is 12.9. The normalized spacial score (nSPS) is 20.5. The third-order valence-electron chi connectivity index (χ3n) is 5.36. The molecule has 0 aliphatic carbocycles. The molecule has 0 aromatic heterocycles. The molecule has 0 aromatic rings. The molecule has 3 atom stereocenters. The predicted octanol–water partition coefficient (Wildman–Crippen LogP) is 0.217. The van der Waals surface area contributed by atoms with Crippen molar-refractivity contribution in [1.29, 1.82) is 0 Å². The molecule has 0 saturated carbocycles. The fourth-order valence-corrected chi connectivity index (χ4v) is 5.80. The highest BCUT2D eigenvalue weighted by Gasteiger charge is 2.48. The Morgan fingerprint density at radius 2 is 1.71 bits per heavy atom. The molecule has 15 nitrogen and oxygen atoms in total. The number of hydrogen-bond acceptors (Lipinski definition) is 13. The van der Waals surface area contributed by atoms with Gasteiger partial charge in [0, 0.05) is 36.8 Å². The molecule has 1 heterocycles. The zero-order valence-electron chi connectivity index (χ0n) is 23.5. The van der Waals surface area contributed by atoms with Gasteiger partial charge in [-0.15, -0.1) is 0 Å². The van der Waals surface area contributed by atoms with Crippen molar-refractivity contribution >= 4 is 59.9 Å². The van der Waals surface area contributed by atoms with E-state index in [0.717, 1.165) is 31.0 Å². The first-order chi connectivity index (χ1) is 19.1. The van der Waals surface area contributed by atoms with Crippen LogP contribution in [0.25, 0.3) is 0 Å². The fraction of sp³-hybridized carbons (Fsp3) is 0.625. The van der Waals surface area contributed by atoms with E-state index in [9.17, 15) is 38.1 Å². The van der Waals surface area contributed by atoms with Crippen LogP contribution in [-0.4, -0.2) is 92.2 Å². The van der Waals surface area contributed by atoms with E-state index in [1.165, 1.54) is 14.0 Å². The van der Waals surface area contributed by atoms with E-state index < -0.39 is 78.6 Å². The highest BCUT2D eigenvalue weighted by atomic mass is 32.2. The van der Waals surface area contributed by atoms with Crippen molar-refractivity contribution in [2.75, 3.05) is 39.7 Å². The maximum absolute atomic E-state index is 12.9. The van der Waals surface area contributed by atoms with Gasteiger partial charge in [0.2, 0.25) is 11.8 Å². The number of allylic oxidation sites excluding steroid dienone is 1. The van der Waals surface area contributed by atoms with E-state index in [0.29, 0.717) is 0 Å². The number of amides is 2. The van der Waals surface area contributed by atoms with E-state index in [2.05, 4.69) is 25.2 Å². The number of nitrogens with one attached hydrogen (secondary N) is 3. The van der Waals surface area contributed by atoms with Crippen LogP contribution in [0.3, 0.4) is 0 Å². The number of methoxy groups -OCH3 is 2. The molecular formula is C24H36N3O12PS. The molecule has 0 spiro atoms. The second-order valence-electron chi connectivity index (χ2n) is 9.45. The first-order valence-corrected chi connectivity index (χ1v) is 14.9. The van der Waals surface area contributed by atoms with Crippen LogP contribution >= 0.6 is 19.5 Å². The van der Waals surface area contributed by atoms with Gasteiger partial charge < -0.3 is 20.1 Å². The molecule has 1 aliphatic rings. The average molecular weight is 622 g/mol. The Morgan fingerprint density at radius 1 is 1.02 bits per heavy atom. The largest absolute Gasteiger partial charge is 0.468 e. The number of ketones is 2. The zero-order chi connectivity index (χ0) is 31.2. The topological polar surface area (TPSA) is 210 Å². The van der Waals surface area contributed by atoms with Crippen molar-refractivity contribution < 1.29 is 56.6 Å². The Morgan fingerprint density at radius 3 is 2.34 bits per heavy atom. The highest BCUT2D eigenvalue weighted by Crippen LogP contribution is 2.53. The van der Waals surface area contributed by atoms with Crippen LogP contribution < -0.4 is 15.7 Å². The molecule has 1 aliphatic heterocycles. The summed E-state index contributed by atoms with van der Waals surface area (Å²) in [6, 6.07) is -1.01. The van der Waals surface area contributed by atoms with Crippen LogP contribution in [0.1, 0.15) is 40.0 Å². The number of ether oxygens (including phenoxy) is 2. The zero-order valence-corrected chi connectivity index (χ0v) is 25.2. The van der Waals surface area contributed by atoms with E-state index >= 15 is 0 Å². The number of esters is 2. The predicted molar refractivity (Wildman–Crippen MR) is 145 cm³/mol. The van der Waals surface area contributed by atoms with Crippen LogP contribution in [0.15, 0.2) is 12.2 Å². The Bertz CT molecular complexity index is 1090. The minimum absolute atomic E-state index is 0.0587. The Balaban J connectivity index is 2.37. The molecular weight excluding hydrogens is 585 g/mol. The standard InChI is InChI=1S/C24H36N3O12PS/c1-15(23(34)37-5)27-40(35)38-14-24(2,3)21(39-40)22(33)26-9-8-18(30)25-10-11-41-20(32)13-17(29)12-16(28)6-7-19(31)36-4/h6-7,15,21H,8-14H2,1-5H3,(H,25,30)(H,26,33)(H,27,35)/b7-6+/t15-,21-,40?/m0/s1. The average Bonchev–Trinajstić information content (AvgIpc) is 2.90. The lowest BCUT2D eigenvalue weighted by molar-refractivity contribution is -0.143. The maximum Gasteiger partial charge on any atom is 0.407 e. The summed E-state index contributed by atoms with van der Waals surface area (Å²) in [5, 5.41) is 7.07. The number of hydrogen-bond donors (Lipinski definition) is 3. The summed E-state index contributed by atoms with van der Waals surface area (Å²) in [4.78, 5) is 82.7. The van der Waals surface area contributed by atoms with Gasteiger partial charge in [0.25, 0.3) is 0 Å². The molecule has 2 amide bonds. The van der Waals surface area contributed by atoms with Gasteiger partial charge in [0.15, 0.2) is 17.0 Å². The van der Waals surface area contributed by atoms with Gasteiger partial charge in [-0.25, -0.2) is 14.4 Å². The summed E-state index contributed by atoms with van der Waals surface area (Å²) in [6.45, 7) is 4.69. The number of carbonyl (C=O) groups is 7. The summed E-state index contributed by atoms with van der Waals surface area (Å²) in [7, 11) is -1.70. The minimum atomic E-state index is -4.01. The summed E-state index contributed by atoms with van der Waals surface area (Å²) >= 11 is 0.813. The van der Waals surface area contributed by atoms with Gasteiger partial charge >= 0.3 is 19.7 Å². The van der Waals surface area contributed by atoms with E-state index in [1.807, 2.05) is 0 Å². The Labute approximate surface area is 241 Å². The van der Waals surface area contributed by atoms with E-state index in [4.69, 9.17) is 9.05 Å². The lowest BCUT2D eigenvalue weighted by Crippen LogP contribution is -2.51. The number of carbonyl (C=O) groups excluding carboxylic acids is 7. The highest BCUT2D eigenvalue weighted by molar-refractivity contribution is 8.13. The molecule has 1 fully saturated rings. The summed E-state index contributed by atoms with van der Waals surface area (Å²) in [5.74, 6) is -3.54. The second-order valence-corrected chi connectivity index (χ2v) is 12.3. The summed E-state index contributed by atoms with van der Waals surface area (Å²) < 4.78 is 32.6. The molecule has 1 rings (SSSR count). The molecule has 41 heavy (non-hydrogen) atoms. The number of rotatable bonds is 16. The number of Topliss-reactive ketones (excluding diaryl/α,β-unsaturated/α-hetero) is 1.